The molecule has 0 saturated carbocycles. The molecule has 0 spiro atoms. The van der Waals surface area contributed by atoms with Crippen LogP contribution in [0.5, 0.6) is 0 Å². The Bertz CT molecular complexity index is 167. The van der Waals surface area contributed by atoms with E-state index in [1.807, 2.05) is 6.07 Å². The fourth-order valence-electron chi connectivity index (χ4n) is 0.912. The Balaban J connectivity index is 2.59. The monoisotopic (exact) mass is 140 g/mol. The molecule has 4 heteroatoms. The lowest BCUT2D eigenvalue weighted by Gasteiger charge is -2.15. The van der Waals surface area contributed by atoms with Crippen molar-refractivity contribution in [1.82, 2.24) is 5.32 Å². The molecular formula is C6H8N2O2. The van der Waals surface area contributed by atoms with Gasteiger partial charge in [-0.2, -0.15) is 5.26 Å². The van der Waals surface area contributed by atoms with Gasteiger partial charge >= 0.3 is 0 Å². The van der Waals surface area contributed by atoms with Crippen LogP contribution >= 0.6 is 0 Å². The molecule has 54 valence electrons. The maximum absolute atomic E-state index is 10.0. The number of nitrogens with one attached hydrogen (secondary N) is 1. The highest BCUT2D eigenvalue weighted by Crippen LogP contribution is 2.16. The van der Waals surface area contributed by atoms with E-state index >= 15 is 0 Å². The van der Waals surface area contributed by atoms with Crippen LogP contribution in [0.3, 0.4) is 0 Å². The maximum Gasteiger partial charge on any atom is 0.208 e. The summed E-state index contributed by atoms with van der Waals surface area (Å²) >= 11 is 0. The Hall–Kier alpha value is -1.08. The predicted molar refractivity (Wildman–Crippen MR) is 33.0 cm³/mol. The topological polar surface area (TPSA) is 62.1 Å². The molecular weight excluding hydrogens is 132 g/mol. The van der Waals surface area contributed by atoms with Gasteiger partial charge in [0.1, 0.15) is 0 Å². The zero-order chi connectivity index (χ0) is 7.45. The van der Waals surface area contributed by atoms with Crippen LogP contribution in [0.15, 0.2) is 0 Å². The van der Waals surface area contributed by atoms with Crippen LogP contribution in [0, 0.1) is 11.3 Å². The number of nitriles is 1. The van der Waals surface area contributed by atoms with Crippen molar-refractivity contribution in [3.05, 3.63) is 0 Å². The Morgan fingerprint density at radius 2 is 2.60 bits per heavy atom. The number of amides is 1. The van der Waals surface area contributed by atoms with Crippen LogP contribution in [0.25, 0.3) is 0 Å². The van der Waals surface area contributed by atoms with Crippen molar-refractivity contribution in [2.24, 2.45) is 0 Å². The quantitative estimate of drug-likeness (QED) is 0.522. The van der Waals surface area contributed by atoms with Crippen LogP contribution in [0.2, 0.25) is 0 Å². The Labute approximate surface area is 58.8 Å². The van der Waals surface area contributed by atoms with Gasteiger partial charge < -0.3 is 10.1 Å². The van der Waals surface area contributed by atoms with E-state index in [1.165, 1.54) is 0 Å². The van der Waals surface area contributed by atoms with E-state index in [9.17, 15) is 4.79 Å². The lowest BCUT2D eigenvalue weighted by molar-refractivity contribution is -0.110. The van der Waals surface area contributed by atoms with Crippen molar-refractivity contribution >= 4 is 6.41 Å². The van der Waals surface area contributed by atoms with Crippen molar-refractivity contribution in [3.63, 3.8) is 0 Å². The molecule has 1 unspecified atom stereocenters. The number of ether oxygens (including phenoxy) is 1. The Morgan fingerprint density at radius 1 is 1.80 bits per heavy atom. The van der Waals surface area contributed by atoms with Crippen molar-refractivity contribution < 1.29 is 9.53 Å². The van der Waals surface area contributed by atoms with E-state index in [-0.39, 0.29) is 0 Å². The van der Waals surface area contributed by atoms with E-state index in [2.05, 4.69) is 5.32 Å². The number of carbonyl (C=O) groups is 1. The second-order valence-corrected chi connectivity index (χ2v) is 2.26. The highest BCUT2D eigenvalue weighted by Gasteiger charge is 2.34. The summed E-state index contributed by atoms with van der Waals surface area (Å²) in [5.41, 5.74) is -0.748. The molecule has 1 saturated heterocycles. The molecule has 0 aliphatic carbocycles. The summed E-state index contributed by atoms with van der Waals surface area (Å²) in [6.45, 7) is 0.858. The van der Waals surface area contributed by atoms with Crippen molar-refractivity contribution in [1.29, 1.82) is 5.26 Å². The third kappa shape index (κ3) is 1.09. The van der Waals surface area contributed by atoms with Gasteiger partial charge in [-0.3, -0.25) is 4.79 Å². The minimum atomic E-state index is -0.748. The van der Waals surface area contributed by atoms with Gasteiger partial charge in [0.05, 0.1) is 19.3 Å². The molecule has 1 atom stereocenters. The van der Waals surface area contributed by atoms with Gasteiger partial charge in [0, 0.05) is 6.42 Å². The summed E-state index contributed by atoms with van der Waals surface area (Å²) in [5, 5.41) is 11.0. The number of hydrogen-bond donors (Lipinski definition) is 1. The SMILES string of the molecule is N#CC1(NC=O)CCOC1. The summed E-state index contributed by atoms with van der Waals surface area (Å²) in [7, 11) is 0. The van der Waals surface area contributed by atoms with E-state index in [0.29, 0.717) is 26.0 Å². The highest BCUT2D eigenvalue weighted by molar-refractivity contribution is 5.49. The van der Waals surface area contributed by atoms with Gasteiger partial charge in [-0.05, 0) is 0 Å². The largest absolute Gasteiger partial charge is 0.378 e. The molecule has 1 N–H and O–H groups in total. The smallest absolute Gasteiger partial charge is 0.208 e. The lowest BCUT2D eigenvalue weighted by atomic mass is 10.0. The van der Waals surface area contributed by atoms with Crippen LogP contribution in [-0.4, -0.2) is 25.2 Å². The van der Waals surface area contributed by atoms with Crippen LogP contribution in [-0.2, 0) is 9.53 Å². The van der Waals surface area contributed by atoms with Crippen molar-refractivity contribution in [3.8, 4) is 6.07 Å². The number of rotatable bonds is 2. The molecule has 0 aromatic carbocycles. The van der Waals surface area contributed by atoms with E-state index < -0.39 is 5.54 Å². The summed E-state index contributed by atoms with van der Waals surface area (Å²) in [4.78, 5) is 10.0. The minimum Gasteiger partial charge on any atom is -0.378 e. The van der Waals surface area contributed by atoms with Crippen LogP contribution < -0.4 is 5.32 Å². The van der Waals surface area contributed by atoms with Gasteiger partial charge in [-0.1, -0.05) is 0 Å². The molecule has 1 rings (SSSR count). The highest BCUT2D eigenvalue weighted by atomic mass is 16.5. The average molecular weight is 140 g/mol. The fourth-order valence-corrected chi connectivity index (χ4v) is 0.912. The second-order valence-electron chi connectivity index (χ2n) is 2.26. The molecule has 0 bridgehead atoms. The Morgan fingerprint density at radius 3 is 3.00 bits per heavy atom. The van der Waals surface area contributed by atoms with Gasteiger partial charge in [0.25, 0.3) is 0 Å². The number of nitrogens with zero attached hydrogens (tertiary/aromatic N) is 1. The van der Waals surface area contributed by atoms with Crippen molar-refractivity contribution in [2.75, 3.05) is 13.2 Å². The van der Waals surface area contributed by atoms with Gasteiger partial charge in [-0.25, -0.2) is 0 Å². The molecule has 1 heterocycles. The summed E-state index contributed by atoms with van der Waals surface area (Å²) in [6.07, 6.45) is 1.13. The number of hydrogen-bond acceptors (Lipinski definition) is 3. The summed E-state index contributed by atoms with van der Waals surface area (Å²) < 4.78 is 4.96. The minimum absolute atomic E-state index is 0.308. The van der Waals surface area contributed by atoms with Crippen molar-refractivity contribution in [2.45, 2.75) is 12.0 Å². The van der Waals surface area contributed by atoms with E-state index in [4.69, 9.17) is 10.00 Å². The molecule has 1 fully saturated rings. The first kappa shape index (κ1) is 7.03. The fraction of sp³-hybridized carbons (Fsp3) is 0.667. The molecule has 4 nitrogen and oxygen atoms in total. The Kier molecular flexibility index (Phi) is 1.88. The normalized spacial score (nSPS) is 31.1. The predicted octanol–water partition coefficient (Wildman–Crippen LogP) is -0.585. The summed E-state index contributed by atoms with van der Waals surface area (Å²) in [6, 6.07) is 2.01. The average Bonchev–Trinajstić information content (AvgIpc) is 2.39. The molecule has 0 radical (unpaired) electrons. The van der Waals surface area contributed by atoms with E-state index in [1.54, 1.807) is 0 Å². The molecule has 0 aromatic rings. The zero-order valence-corrected chi connectivity index (χ0v) is 5.46. The first-order valence-corrected chi connectivity index (χ1v) is 3.03. The van der Waals surface area contributed by atoms with Crippen LogP contribution in [0.4, 0.5) is 0 Å². The third-order valence-corrected chi connectivity index (χ3v) is 1.57. The lowest BCUT2D eigenvalue weighted by Crippen LogP contribution is -2.43. The van der Waals surface area contributed by atoms with Gasteiger partial charge in [0.15, 0.2) is 5.54 Å². The van der Waals surface area contributed by atoms with E-state index in [0.717, 1.165) is 0 Å². The maximum atomic E-state index is 10.0. The van der Waals surface area contributed by atoms with Crippen LogP contribution in [0.1, 0.15) is 6.42 Å². The standard InChI is InChI=1S/C6H8N2O2/c7-3-6(8-5-9)1-2-10-4-6/h5H,1-2,4H2,(H,8,9). The first-order chi connectivity index (χ1) is 4.83. The first-order valence-electron chi connectivity index (χ1n) is 3.03. The molecule has 1 aliphatic heterocycles. The molecule has 1 aliphatic rings. The zero-order valence-electron chi connectivity index (χ0n) is 5.46. The van der Waals surface area contributed by atoms with Gasteiger partial charge in [-0.15, -0.1) is 0 Å². The van der Waals surface area contributed by atoms with Gasteiger partial charge in [0.2, 0.25) is 6.41 Å². The second kappa shape index (κ2) is 2.67. The number of carbonyl (C=O) groups excluding carboxylic acids is 1. The molecule has 0 aromatic heterocycles. The third-order valence-electron chi connectivity index (χ3n) is 1.57. The molecule has 10 heavy (non-hydrogen) atoms. The molecule has 1 amide bonds. The summed E-state index contributed by atoms with van der Waals surface area (Å²) in [5.74, 6) is 0.